The third kappa shape index (κ3) is 2.91. The summed E-state index contributed by atoms with van der Waals surface area (Å²) in [5.74, 6) is 0.568. The molecule has 0 unspecified atom stereocenters. The van der Waals surface area contributed by atoms with Gasteiger partial charge < -0.3 is 9.84 Å². The lowest BCUT2D eigenvalue weighted by Gasteiger charge is -2.09. The molecule has 0 aromatic heterocycles. The molecule has 4 heteroatoms. The van der Waals surface area contributed by atoms with E-state index in [2.05, 4.69) is 51.3 Å². The van der Waals surface area contributed by atoms with Crippen molar-refractivity contribution in [3.05, 3.63) is 63.6 Å². The first-order chi connectivity index (χ1) is 12.2. The van der Waals surface area contributed by atoms with Gasteiger partial charge in [0.1, 0.15) is 0 Å². The topological polar surface area (TPSA) is 41.8 Å². The van der Waals surface area contributed by atoms with Crippen LogP contribution in [0.1, 0.15) is 23.6 Å². The van der Waals surface area contributed by atoms with Gasteiger partial charge >= 0.3 is 0 Å². The van der Waals surface area contributed by atoms with Crippen LogP contribution < -0.4 is 4.74 Å². The Morgan fingerprint density at radius 2 is 1.96 bits per heavy atom. The summed E-state index contributed by atoms with van der Waals surface area (Å²) in [5.41, 5.74) is 4.34. The number of ether oxygens (including phenoxy) is 1. The molecule has 0 amide bonds. The van der Waals surface area contributed by atoms with Crippen LogP contribution in [0.2, 0.25) is 0 Å². The average molecular weight is 396 g/mol. The second kappa shape index (κ2) is 6.52. The van der Waals surface area contributed by atoms with E-state index in [-0.39, 0.29) is 5.75 Å². The Hall–Kier alpha value is -2.33. The lowest BCUT2D eigenvalue weighted by atomic mass is 10.0. The summed E-state index contributed by atoms with van der Waals surface area (Å²) in [5, 5.41) is 12.9. The zero-order chi connectivity index (χ0) is 17.4. The van der Waals surface area contributed by atoms with E-state index in [4.69, 9.17) is 4.74 Å². The minimum atomic E-state index is 0.111. The van der Waals surface area contributed by atoms with Gasteiger partial charge in [-0.2, -0.15) is 0 Å². The van der Waals surface area contributed by atoms with E-state index in [1.54, 1.807) is 12.3 Å². The molecule has 0 atom stereocenters. The quantitative estimate of drug-likeness (QED) is 0.587. The molecule has 3 aromatic carbocycles. The van der Waals surface area contributed by atoms with Crippen molar-refractivity contribution in [2.24, 2.45) is 4.99 Å². The summed E-state index contributed by atoms with van der Waals surface area (Å²) in [6, 6.07) is 14.2. The molecule has 4 rings (SSSR count). The zero-order valence-electron chi connectivity index (χ0n) is 13.9. The van der Waals surface area contributed by atoms with Gasteiger partial charge in [-0.05, 0) is 54.5 Å². The average Bonchev–Trinajstić information content (AvgIpc) is 3.03. The predicted octanol–water partition coefficient (Wildman–Crippen LogP) is 5.56. The van der Waals surface area contributed by atoms with Crippen LogP contribution in [-0.4, -0.2) is 17.9 Å². The summed E-state index contributed by atoms with van der Waals surface area (Å²) in [4.78, 5) is 4.66. The first-order valence-electron chi connectivity index (χ1n) is 8.40. The lowest BCUT2D eigenvalue weighted by Crippen LogP contribution is -1.94. The van der Waals surface area contributed by atoms with E-state index >= 15 is 0 Å². The first-order valence-corrected chi connectivity index (χ1v) is 9.19. The van der Waals surface area contributed by atoms with Crippen molar-refractivity contribution in [2.75, 3.05) is 6.61 Å². The summed E-state index contributed by atoms with van der Waals surface area (Å²) >= 11 is 3.46. The number of halogens is 1. The highest BCUT2D eigenvalue weighted by atomic mass is 79.9. The van der Waals surface area contributed by atoms with Gasteiger partial charge in [0.2, 0.25) is 0 Å². The molecule has 0 saturated carbocycles. The Bertz CT molecular complexity index is 985. The molecule has 3 nitrogen and oxygen atoms in total. The number of rotatable bonds is 4. The Kier molecular flexibility index (Phi) is 4.22. The van der Waals surface area contributed by atoms with Crippen molar-refractivity contribution in [3.8, 4) is 11.5 Å². The van der Waals surface area contributed by atoms with Crippen LogP contribution in [0.5, 0.6) is 11.5 Å². The van der Waals surface area contributed by atoms with E-state index in [9.17, 15) is 5.11 Å². The molecular weight excluding hydrogens is 378 g/mol. The maximum absolute atomic E-state index is 10.4. The van der Waals surface area contributed by atoms with Gasteiger partial charge in [0.15, 0.2) is 11.5 Å². The van der Waals surface area contributed by atoms with E-state index in [1.807, 2.05) is 13.0 Å². The van der Waals surface area contributed by atoms with Gasteiger partial charge in [-0.1, -0.05) is 40.2 Å². The summed E-state index contributed by atoms with van der Waals surface area (Å²) in [7, 11) is 0. The molecule has 0 saturated heterocycles. The van der Waals surface area contributed by atoms with Crippen molar-refractivity contribution >= 4 is 38.6 Å². The van der Waals surface area contributed by atoms with Crippen molar-refractivity contribution in [1.29, 1.82) is 0 Å². The molecule has 0 spiro atoms. The predicted molar refractivity (Wildman–Crippen MR) is 106 cm³/mol. The van der Waals surface area contributed by atoms with E-state index in [0.717, 1.165) is 23.0 Å². The number of aliphatic imine (C=N–C) groups is 1. The van der Waals surface area contributed by atoms with Gasteiger partial charge in [-0.15, -0.1) is 0 Å². The number of hydrogen-bond acceptors (Lipinski definition) is 3. The fraction of sp³-hybridized carbons (Fsp3) is 0.190. The highest BCUT2D eigenvalue weighted by Crippen LogP contribution is 2.37. The van der Waals surface area contributed by atoms with Crippen LogP contribution in [0, 0.1) is 0 Å². The molecule has 3 aromatic rings. The SMILES string of the molecule is CCOc1cc(Br)cc(C=Nc2ccc3c4c(cccc24)CC3)c1O. The maximum Gasteiger partial charge on any atom is 0.166 e. The van der Waals surface area contributed by atoms with E-state index in [0.29, 0.717) is 17.9 Å². The second-order valence-electron chi connectivity index (χ2n) is 6.12. The van der Waals surface area contributed by atoms with Gasteiger partial charge in [-0.25, -0.2) is 0 Å². The van der Waals surface area contributed by atoms with Crippen molar-refractivity contribution in [2.45, 2.75) is 19.8 Å². The molecule has 0 heterocycles. The highest BCUT2D eigenvalue weighted by Gasteiger charge is 2.15. The normalized spacial score (nSPS) is 13.0. The molecule has 1 aliphatic carbocycles. The van der Waals surface area contributed by atoms with Crippen LogP contribution in [-0.2, 0) is 12.8 Å². The second-order valence-corrected chi connectivity index (χ2v) is 7.03. The summed E-state index contributed by atoms with van der Waals surface area (Å²) in [6.45, 7) is 2.39. The van der Waals surface area contributed by atoms with Crippen LogP contribution >= 0.6 is 15.9 Å². The maximum atomic E-state index is 10.4. The third-order valence-electron chi connectivity index (χ3n) is 4.57. The van der Waals surface area contributed by atoms with Crippen LogP contribution in [0.15, 0.2) is 51.9 Å². The molecule has 126 valence electrons. The third-order valence-corrected chi connectivity index (χ3v) is 5.02. The number of nitrogens with zero attached hydrogens (tertiary/aromatic N) is 1. The Morgan fingerprint density at radius 1 is 1.16 bits per heavy atom. The van der Waals surface area contributed by atoms with E-state index in [1.165, 1.54) is 21.9 Å². The number of aromatic hydroxyl groups is 1. The summed E-state index contributed by atoms with van der Waals surface area (Å²) in [6.07, 6.45) is 3.90. The minimum Gasteiger partial charge on any atom is -0.504 e. The molecule has 0 radical (unpaired) electrons. The molecule has 0 bridgehead atoms. The number of phenols is 1. The molecule has 25 heavy (non-hydrogen) atoms. The molecule has 0 aliphatic heterocycles. The van der Waals surface area contributed by atoms with Gasteiger partial charge in [-0.3, -0.25) is 4.99 Å². The first kappa shape index (κ1) is 16.2. The van der Waals surface area contributed by atoms with Gasteiger partial charge in [0.05, 0.1) is 12.3 Å². The monoisotopic (exact) mass is 395 g/mol. The number of benzene rings is 3. The minimum absolute atomic E-state index is 0.111. The number of hydrogen-bond donors (Lipinski definition) is 1. The molecular formula is C21H18BrNO2. The zero-order valence-corrected chi connectivity index (χ0v) is 15.5. The van der Waals surface area contributed by atoms with Gasteiger partial charge in [0, 0.05) is 21.6 Å². The van der Waals surface area contributed by atoms with E-state index < -0.39 is 0 Å². The summed E-state index contributed by atoms with van der Waals surface area (Å²) < 4.78 is 6.32. The molecule has 1 aliphatic rings. The van der Waals surface area contributed by atoms with Crippen LogP contribution in [0.4, 0.5) is 5.69 Å². The smallest absolute Gasteiger partial charge is 0.166 e. The van der Waals surface area contributed by atoms with Gasteiger partial charge in [0.25, 0.3) is 0 Å². The van der Waals surface area contributed by atoms with Crippen molar-refractivity contribution in [3.63, 3.8) is 0 Å². The fourth-order valence-corrected chi connectivity index (χ4v) is 3.90. The Balaban J connectivity index is 1.78. The number of phenolic OH excluding ortho intramolecular Hbond substituents is 1. The van der Waals surface area contributed by atoms with Crippen molar-refractivity contribution < 1.29 is 9.84 Å². The largest absolute Gasteiger partial charge is 0.504 e. The fourth-order valence-electron chi connectivity index (χ4n) is 3.44. The Morgan fingerprint density at radius 3 is 2.76 bits per heavy atom. The molecule has 0 fully saturated rings. The van der Waals surface area contributed by atoms with Crippen molar-refractivity contribution in [1.82, 2.24) is 0 Å². The number of aryl methyl sites for hydroxylation is 2. The van der Waals surface area contributed by atoms with Crippen LogP contribution in [0.25, 0.3) is 10.8 Å². The standard InChI is InChI=1S/C21H18BrNO2/c1-2-25-19-11-16(22)10-15(21(19)24)12-23-18-9-8-14-7-6-13-4-3-5-17(18)20(13)14/h3-5,8-12,24H,2,6-7H2,1H3. The Labute approximate surface area is 155 Å². The molecule has 1 N–H and O–H groups in total. The highest BCUT2D eigenvalue weighted by molar-refractivity contribution is 9.10. The van der Waals surface area contributed by atoms with Crippen LogP contribution in [0.3, 0.4) is 0 Å². The lowest BCUT2D eigenvalue weighted by molar-refractivity contribution is 0.317.